The van der Waals surface area contributed by atoms with Gasteiger partial charge in [-0.2, -0.15) is 0 Å². The topological polar surface area (TPSA) is 37.3 Å². The molecule has 0 amide bonds. The lowest BCUT2D eigenvalue weighted by Gasteiger charge is -2.12. The molecular formula is C29H20O2S6. The summed E-state index contributed by atoms with van der Waals surface area (Å²) in [4.78, 5) is 18.6. The Bertz CT molecular complexity index is 1580. The molecule has 5 aromatic carbocycles. The predicted octanol–water partition coefficient (Wildman–Crippen LogP) is 11.0. The van der Waals surface area contributed by atoms with Gasteiger partial charge in [-0.05, 0) is 89.0 Å². The van der Waals surface area contributed by atoms with Crippen LogP contribution in [0.2, 0.25) is 0 Å². The van der Waals surface area contributed by atoms with Crippen molar-refractivity contribution in [3.05, 3.63) is 95.6 Å². The van der Waals surface area contributed by atoms with Gasteiger partial charge in [0.25, 0.3) is 0 Å². The van der Waals surface area contributed by atoms with Gasteiger partial charge in [0.1, 0.15) is 0 Å². The fraction of sp³-hybridized carbons (Fsp3) is 0.0690. The van der Waals surface area contributed by atoms with Gasteiger partial charge in [-0.15, -0.1) is 0 Å². The summed E-state index contributed by atoms with van der Waals surface area (Å²) >= 11 is 0. The third-order valence-electron chi connectivity index (χ3n) is 6.08. The van der Waals surface area contributed by atoms with Crippen molar-refractivity contribution in [2.24, 2.45) is 0 Å². The highest BCUT2D eigenvalue weighted by Crippen LogP contribution is 2.48. The molecule has 184 valence electrons. The lowest BCUT2D eigenvalue weighted by Crippen LogP contribution is -1.96. The molecule has 0 aliphatic carbocycles. The van der Waals surface area contributed by atoms with Crippen LogP contribution in [0.15, 0.2) is 108 Å². The van der Waals surface area contributed by atoms with Crippen molar-refractivity contribution in [3.63, 3.8) is 0 Å². The molecule has 6 rings (SSSR count). The van der Waals surface area contributed by atoms with Gasteiger partial charge < -0.3 is 5.11 Å². The molecule has 5 aromatic rings. The number of aromatic carboxylic acids is 1. The van der Waals surface area contributed by atoms with E-state index in [1.54, 1.807) is 55.3 Å². The first-order valence-electron chi connectivity index (χ1n) is 11.4. The maximum Gasteiger partial charge on any atom is 0.335 e. The summed E-state index contributed by atoms with van der Waals surface area (Å²) in [6.07, 6.45) is 0. The maximum atomic E-state index is 11.9. The van der Waals surface area contributed by atoms with Crippen LogP contribution >= 0.6 is 64.8 Å². The van der Waals surface area contributed by atoms with Crippen LogP contribution in [0, 0.1) is 13.8 Å². The Morgan fingerprint density at radius 2 is 1.03 bits per heavy atom. The summed E-state index contributed by atoms with van der Waals surface area (Å²) in [6.45, 7) is 4.36. The summed E-state index contributed by atoms with van der Waals surface area (Å²) in [5, 5.41) is 14.6. The van der Waals surface area contributed by atoms with Crippen molar-refractivity contribution in [3.8, 4) is 0 Å². The van der Waals surface area contributed by atoms with Crippen molar-refractivity contribution in [2.45, 2.75) is 43.2 Å². The van der Waals surface area contributed by atoms with Crippen molar-refractivity contribution in [1.29, 1.82) is 0 Å². The van der Waals surface area contributed by atoms with E-state index in [1.807, 2.05) is 21.6 Å². The number of carboxylic acids is 1. The second-order valence-corrected chi connectivity index (χ2v) is 15.4. The third-order valence-corrected chi connectivity index (χ3v) is 13.6. The molecular weight excluding hydrogens is 573 g/mol. The number of hydrogen-bond donors (Lipinski definition) is 1. The summed E-state index contributed by atoms with van der Waals surface area (Å²) < 4.78 is 0. The van der Waals surface area contributed by atoms with Gasteiger partial charge in [-0.3, -0.25) is 0 Å². The fourth-order valence-corrected chi connectivity index (χ4v) is 11.2. The van der Waals surface area contributed by atoms with E-state index in [4.69, 9.17) is 0 Å². The number of aryl methyl sites for hydroxylation is 2. The number of carbonyl (C=O) groups is 1. The number of rotatable bonds is 1. The Morgan fingerprint density at radius 3 is 1.49 bits per heavy atom. The van der Waals surface area contributed by atoms with Crippen LogP contribution in [0.3, 0.4) is 0 Å². The summed E-state index contributed by atoms with van der Waals surface area (Å²) in [5.41, 5.74) is 2.84. The zero-order valence-electron chi connectivity index (χ0n) is 19.8. The second kappa shape index (κ2) is 10.8. The van der Waals surface area contributed by atoms with Crippen molar-refractivity contribution in [2.75, 3.05) is 0 Å². The number of hydrogen-bond acceptors (Lipinski definition) is 7. The molecule has 0 radical (unpaired) electrons. The molecule has 1 N–H and O–H groups in total. The molecule has 1 heterocycles. The van der Waals surface area contributed by atoms with Crippen LogP contribution in [-0.2, 0) is 0 Å². The van der Waals surface area contributed by atoms with Gasteiger partial charge in [0.15, 0.2) is 0 Å². The smallest absolute Gasteiger partial charge is 0.335 e. The maximum absolute atomic E-state index is 11.9. The van der Waals surface area contributed by atoms with E-state index in [9.17, 15) is 9.90 Å². The zero-order chi connectivity index (χ0) is 25.5. The molecule has 0 saturated heterocycles. The van der Waals surface area contributed by atoms with Crippen LogP contribution < -0.4 is 0 Å². The average Bonchev–Trinajstić information content (AvgIpc) is 2.89. The third kappa shape index (κ3) is 5.37. The highest BCUT2D eigenvalue weighted by molar-refractivity contribution is 8.77. The van der Waals surface area contributed by atoms with Crippen LogP contribution in [0.25, 0.3) is 21.5 Å². The minimum absolute atomic E-state index is 0.311. The zero-order valence-corrected chi connectivity index (χ0v) is 24.7. The van der Waals surface area contributed by atoms with E-state index in [0.717, 1.165) is 9.79 Å². The summed E-state index contributed by atoms with van der Waals surface area (Å²) in [6, 6.07) is 27.6. The van der Waals surface area contributed by atoms with Gasteiger partial charge in [0, 0.05) is 29.4 Å². The Morgan fingerprint density at radius 1 is 0.568 bits per heavy atom. The van der Waals surface area contributed by atoms with Crippen molar-refractivity contribution in [1.82, 2.24) is 0 Å². The molecule has 6 bridgehead atoms. The number of benzene rings is 5. The van der Waals surface area contributed by atoms with Crippen LogP contribution in [0.1, 0.15) is 21.5 Å². The highest BCUT2D eigenvalue weighted by Gasteiger charge is 2.14. The Balaban J connectivity index is 1.52. The second-order valence-electron chi connectivity index (χ2n) is 8.69. The number of carboxylic acid groups (broad SMARTS) is 1. The van der Waals surface area contributed by atoms with Gasteiger partial charge >= 0.3 is 5.97 Å². The van der Waals surface area contributed by atoms with E-state index in [-0.39, 0.29) is 0 Å². The van der Waals surface area contributed by atoms with Gasteiger partial charge in [-0.1, -0.05) is 101 Å². The van der Waals surface area contributed by atoms with E-state index >= 15 is 0 Å². The van der Waals surface area contributed by atoms with Crippen LogP contribution in [0.4, 0.5) is 0 Å². The van der Waals surface area contributed by atoms with E-state index in [2.05, 4.69) is 80.6 Å². The molecule has 0 fully saturated rings. The van der Waals surface area contributed by atoms with Crippen LogP contribution in [-0.4, -0.2) is 11.1 Å². The van der Waals surface area contributed by atoms with Gasteiger partial charge in [0.2, 0.25) is 0 Å². The Hall–Kier alpha value is -1.81. The summed E-state index contributed by atoms with van der Waals surface area (Å²) in [7, 11) is 10.2. The lowest BCUT2D eigenvalue weighted by molar-refractivity contribution is 0.0696. The fourth-order valence-electron chi connectivity index (χ4n) is 4.17. The van der Waals surface area contributed by atoms with Crippen molar-refractivity contribution < 1.29 is 9.90 Å². The first kappa shape index (κ1) is 25.5. The molecule has 0 aromatic heterocycles. The summed E-state index contributed by atoms with van der Waals surface area (Å²) in [5.74, 6) is -0.908. The Labute approximate surface area is 239 Å². The van der Waals surface area contributed by atoms with E-state index in [0.29, 0.717) is 5.56 Å². The Kier molecular flexibility index (Phi) is 7.40. The van der Waals surface area contributed by atoms with Crippen molar-refractivity contribution >= 4 is 92.3 Å². The molecule has 0 spiro atoms. The normalized spacial score (nSPS) is 13.8. The molecule has 2 nitrogen and oxygen atoms in total. The molecule has 8 heteroatoms. The lowest BCUT2D eigenvalue weighted by atomic mass is 10.1. The first-order valence-corrected chi connectivity index (χ1v) is 17.9. The standard InChI is InChI=1S/C29H20O2S6/c1-16-9-18-5-3-7-25-23(18)14-27(16)36-37-28-15-24-19(10-17(28)2)6-4-8-26(24)35-33-22-12-20(29(30)31)11-21(13-22)32-34-25/h3-15H,1-2H3,(H,30,31). The number of fused-ring (bicyclic) bond motifs is 4. The van der Waals surface area contributed by atoms with Gasteiger partial charge in [0.05, 0.1) is 5.56 Å². The molecule has 0 atom stereocenters. The molecule has 0 unspecified atom stereocenters. The van der Waals surface area contributed by atoms with E-state index < -0.39 is 5.97 Å². The monoisotopic (exact) mass is 592 g/mol. The minimum atomic E-state index is -0.908. The van der Waals surface area contributed by atoms with Crippen LogP contribution in [0.5, 0.6) is 0 Å². The average molecular weight is 593 g/mol. The minimum Gasteiger partial charge on any atom is -0.478 e. The molecule has 37 heavy (non-hydrogen) atoms. The molecule has 0 saturated carbocycles. The quantitative estimate of drug-likeness (QED) is 0.193. The largest absolute Gasteiger partial charge is 0.478 e. The molecule has 1 aliphatic rings. The SMILES string of the molecule is Cc1cc2cccc3c2cc1SSc1cc2c(cccc2cc1C)SSc1cc(cc(C(=O)O)c1)SS3. The first-order chi connectivity index (χ1) is 17.9. The highest BCUT2D eigenvalue weighted by atomic mass is 33.1. The molecule has 1 aliphatic heterocycles. The predicted molar refractivity (Wildman–Crippen MR) is 166 cm³/mol. The van der Waals surface area contributed by atoms with E-state index in [1.165, 1.54) is 52.3 Å². The van der Waals surface area contributed by atoms with Gasteiger partial charge in [-0.25, -0.2) is 4.79 Å².